The van der Waals surface area contributed by atoms with Crippen LogP contribution in [0.3, 0.4) is 0 Å². The van der Waals surface area contributed by atoms with Crippen LogP contribution in [0.1, 0.15) is 27.2 Å². The lowest BCUT2D eigenvalue weighted by Crippen LogP contribution is -2.40. The summed E-state index contributed by atoms with van der Waals surface area (Å²) in [7, 11) is 2.92. The van der Waals surface area contributed by atoms with Crippen molar-refractivity contribution in [2.24, 2.45) is 7.05 Å². The van der Waals surface area contributed by atoms with E-state index in [4.69, 9.17) is 0 Å². The van der Waals surface area contributed by atoms with Gasteiger partial charge >= 0.3 is 11.7 Å². The van der Waals surface area contributed by atoms with Gasteiger partial charge < -0.3 is 4.74 Å². The summed E-state index contributed by atoms with van der Waals surface area (Å²) in [6.45, 7) is 3.76. The van der Waals surface area contributed by atoms with Crippen molar-refractivity contribution in [2.45, 2.75) is 20.4 Å². The van der Waals surface area contributed by atoms with Gasteiger partial charge in [-0.2, -0.15) is 0 Å². The Labute approximate surface area is 149 Å². The monoisotopic (exact) mass is 353 g/mol. The predicted octanol–water partition coefficient (Wildman–Crippen LogP) is 1.55. The highest BCUT2D eigenvalue weighted by Gasteiger charge is 2.15. The van der Waals surface area contributed by atoms with Crippen LogP contribution in [-0.4, -0.2) is 27.2 Å². The lowest BCUT2D eigenvalue weighted by atomic mass is 10.1. The molecule has 0 aliphatic rings. The van der Waals surface area contributed by atoms with E-state index < -0.39 is 11.7 Å². The first-order chi connectivity index (χ1) is 12.3. The van der Waals surface area contributed by atoms with Crippen LogP contribution in [0.5, 0.6) is 0 Å². The van der Waals surface area contributed by atoms with E-state index in [1.54, 1.807) is 31.3 Å². The second-order valence-corrected chi connectivity index (χ2v) is 6.20. The zero-order chi connectivity index (χ0) is 19.0. The molecule has 0 saturated carbocycles. The number of benzene rings is 1. The van der Waals surface area contributed by atoms with E-state index in [0.29, 0.717) is 16.6 Å². The number of hydrogen-bond acceptors (Lipinski definition) is 5. The van der Waals surface area contributed by atoms with Gasteiger partial charge in [-0.15, -0.1) is 0 Å². The third kappa shape index (κ3) is 2.92. The van der Waals surface area contributed by atoms with Gasteiger partial charge in [-0.1, -0.05) is 12.1 Å². The summed E-state index contributed by atoms with van der Waals surface area (Å²) in [5.41, 5.74) is 2.25. The second-order valence-electron chi connectivity index (χ2n) is 6.20. The largest absolute Gasteiger partial charge is 0.465 e. The van der Waals surface area contributed by atoms with E-state index in [2.05, 4.69) is 9.72 Å². The number of carbonyl (C=O) groups is 1. The molecular formula is C19H19N3O4. The molecule has 0 saturated heterocycles. The number of pyridine rings is 1. The Hall–Kier alpha value is -3.22. The van der Waals surface area contributed by atoms with Gasteiger partial charge in [0.05, 0.1) is 24.6 Å². The molecule has 0 atom stereocenters. The maximum Gasteiger partial charge on any atom is 0.337 e. The SMILES string of the molecule is COC(=O)c1ccc(Cn2c(=O)c3c(C)cc(C)nc3n(C)c2=O)cc1. The standard InChI is InChI=1S/C19H19N3O4/c1-11-9-12(2)20-16-15(11)17(23)22(19(25)21(16)3)10-13-5-7-14(8-6-13)18(24)26-4/h5-9H,10H2,1-4H3. The van der Waals surface area contributed by atoms with Crippen molar-refractivity contribution in [2.75, 3.05) is 7.11 Å². The highest BCUT2D eigenvalue weighted by Crippen LogP contribution is 2.13. The molecule has 0 radical (unpaired) electrons. The molecule has 0 amide bonds. The molecule has 7 heteroatoms. The van der Waals surface area contributed by atoms with Gasteiger partial charge in [-0.25, -0.2) is 14.6 Å². The Balaban J connectivity index is 2.13. The van der Waals surface area contributed by atoms with Crippen LogP contribution in [0, 0.1) is 13.8 Å². The number of methoxy groups -OCH3 is 1. The zero-order valence-corrected chi connectivity index (χ0v) is 15.1. The number of ether oxygens (including phenoxy) is 1. The van der Waals surface area contributed by atoms with Crippen LogP contribution in [0.2, 0.25) is 0 Å². The van der Waals surface area contributed by atoms with Gasteiger partial charge in [0.15, 0.2) is 0 Å². The second kappa shape index (κ2) is 6.59. The third-order valence-corrected chi connectivity index (χ3v) is 4.34. The molecular weight excluding hydrogens is 334 g/mol. The number of carbonyl (C=O) groups excluding carboxylic acids is 1. The topological polar surface area (TPSA) is 83.2 Å². The average Bonchev–Trinajstić information content (AvgIpc) is 2.62. The smallest absolute Gasteiger partial charge is 0.337 e. The summed E-state index contributed by atoms with van der Waals surface area (Å²) >= 11 is 0. The molecule has 3 aromatic rings. The Kier molecular flexibility index (Phi) is 4.46. The summed E-state index contributed by atoms with van der Waals surface area (Å²) in [6.07, 6.45) is 0. The summed E-state index contributed by atoms with van der Waals surface area (Å²) in [5, 5.41) is 0.434. The van der Waals surface area contributed by atoms with E-state index in [1.807, 2.05) is 19.9 Å². The predicted molar refractivity (Wildman–Crippen MR) is 97.6 cm³/mol. The molecule has 134 valence electrons. The average molecular weight is 353 g/mol. The lowest BCUT2D eigenvalue weighted by molar-refractivity contribution is 0.0600. The maximum atomic E-state index is 12.9. The summed E-state index contributed by atoms with van der Waals surface area (Å²) < 4.78 is 7.23. The summed E-state index contributed by atoms with van der Waals surface area (Å²) in [5.74, 6) is -0.438. The third-order valence-electron chi connectivity index (χ3n) is 4.34. The van der Waals surface area contributed by atoms with Crippen LogP contribution in [0.4, 0.5) is 0 Å². The molecule has 0 fully saturated rings. The minimum atomic E-state index is -0.438. The van der Waals surface area contributed by atoms with Gasteiger partial charge in [0.1, 0.15) is 5.65 Å². The fourth-order valence-corrected chi connectivity index (χ4v) is 3.00. The molecule has 2 aromatic heterocycles. The molecule has 2 heterocycles. The van der Waals surface area contributed by atoms with Gasteiger partial charge in [0, 0.05) is 12.7 Å². The molecule has 0 spiro atoms. The van der Waals surface area contributed by atoms with E-state index in [0.717, 1.165) is 16.8 Å². The zero-order valence-electron chi connectivity index (χ0n) is 15.1. The van der Waals surface area contributed by atoms with E-state index in [-0.39, 0.29) is 12.1 Å². The fraction of sp³-hybridized carbons (Fsp3) is 0.263. The van der Waals surface area contributed by atoms with Crippen molar-refractivity contribution < 1.29 is 9.53 Å². The van der Waals surface area contributed by atoms with Crippen LogP contribution < -0.4 is 11.2 Å². The Morgan fingerprint density at radius 1 is 1.15 bits per heavy atom. The van der Waals surface area contributed by atoms with Crippen molar-refractivity contribution in [3.05, 3.63) is 73.6 Å². The van der Waals surface area contributed by atoms with Crippen molar-refractivity contribution in [3.8, 4) is 0 Å². The molecule has 0 N–H and O–H groups in total. The Bertz CT molecular complexity index is 1120. The normalized spacial score (nSPS) is 10.9. The molecule has 3 rings (SSSR count). The van der Waals surface area contributed by atoms with Crippen LogP contribution in [0.25, 0.3) is 11.0 Å². The van der Waals surface area contributed by atoms with E-state index in [1.165, 1.54) is 16.2 Å². The van der Waals surface area contributed by atoms with Crippen molar-refractivity contribution >= 4 is 17.0 Å². The molecule has 1 aromatic carbocycles. The fourth-order valence-electron chi connectivity index (χ4n) is 3.00. The van der Waals surface area contributed by atoms with Gasteiger partial charge in [0.2, 0.25) is 0 Å². The number of hydrogen-bond donors (Lipinski definition) is 0. The van der Waals surface area contributed by atoms with Gasteiger partial charge in [0.25, 0.3) is 5.56 Å². The number of aryl methyl sites for hydroxylation is 3. The minimum absolute atomic E-state index is 0.107. The summed E-state index contributed by atoms with van der Waals surface area (Å²) in [6, 6.07) is 8.43. The number of rotatable bonds is 3. The molecule has 0 aliphatic heterocycles. The van der Waals surface area contributed by atoms with Crippen LogP contribution in [0.15, 0.2) is 39.9 Å². The number of aromatic nitrogens is 3. The van der Waals surface area contributed by atoms with Crippen molar-refractivity contribution in [3.63, 3.8) is 0 Å². The quantitative estimate of drug-likeness (QED) is 0.667. The first-order valence-electron chi connectivity index (χ1n) is 8.08. The Morgan fingerprint density at radius 2 is 1.81 bits per heavy atom. The maximum absolute atomic E-state index is 12.9. The van der Waals surface area contributed by atoms with Crippen LogP contribution in [-0.2, 0) is 18.3 Å². The molecule has 0 aliphatic carbocycles. The molecule has 26 heavy (non-hydrogen) atoms. The minimum Gasteiger partial charge on any atom is -0.465 e. The first kappa shape index (κ1) is 17.6. The van der Waals surface area contributed by atoms with E-state index >= 15 is 0 Å². The number of esters is 1. The van der Waals surface area contributed by atoms with E-state index in [9.17, 15) is 14.4 Å². The molecule has 0 unspecified atom stereocenters. The number of nitrogens with zero attached hydrogens (tertiary/aromatic N) is 3. The first-order valence-corrected chi connectivity index (χ1v) is 8.08. The Morgan fingerprint density at radius 3 is 2.42 bits per heavy atom. The number of fused-ring (bicyclic) bond motifs is 1. The highest BCUT2D eigenvalue weighted by atomic mass is 16.5. The molecule has 7 nitrogen and oxygen atoms in total. The van der Waals surface area contributed by atoms with Crippen molar-refractivity contribution in [1.29, 1.82) is 0 Å². The molecule has 0 bridgehead atoms. The van der Waals surface area contributed by atoms with Crippen molar-refractivity contribution in [1.82, 2.24) is 14.1 Å². The van der Waals surface area contributed by atoms with Gasteiger partial charge in [-0.05, 0) is 43.2 Å². The van der Waals surface area contributed by atoms with Gasteiger partial charge in [-0.3, -0.25) is 13.9 Å². The summed E-state index contributed by atoms with van der Waals surface area (Å²) in [4.78, 5) is 41.4. The highest BCUT2D eigenvalue weighted by molar-refractivity contribution is 5.89. The van der Waals surface area contributed by atoms with Crippen LogP contribution >= 0.6 is 0 Å². The lowest BCUT2D eigenvalue weighted by Gasteiger charge is -2.12.